The van der Waals surface area contributed by atoms with Crippen LogP contribution in [0.1, 0.15) is 24.8 Å². The fraction of sp³-hybridized carbons (Fsp3) is 0.562. The normalized spacial score (nSPS) is 20.1. The van der Waals surface area contributed by atoms with E-state index in [2.05, 4.69) is 0 Å². The molecule has 6 nitrogen and oxygen atoms in total. The molecule has 1 saturated heterocycles. The third kappa shape index (κ3) is 4.47. The van der Waals surface area contributed by atoms with Crippen LogP contribution in [0.5, 0.6) is 0 Å². The molecule has 8 heteroatoms. The van der Waals surface area contributed by atoms with Crippen LogP contribution in [0.3, 0.4) is 0 Å². The van der Waals surface area contributed by atoms with Gasteiger partial charge in [0.05, 0.1) is 11.6 Å². The van der Waals surface area contributed by atoms with Crippen LogP contribution >= 0.6 is 11.6 Å². The zero-order valence-corrected chi connectivity index (χ0v) is 15.5. The highest BCUT2D eigenvalue weighted by Crippen LogP contribution is 2.28. The van der Waals surface area contributed by atoms with E-state index in [9.17, 15) is 13.2 Å². The van der Waals surface area contributed by atoms with Crippen LogP contribution in [-0.2, 0) is 14.8 Å². The minimum atomic E-state index is -3.64. The van der Waals surface area contributed by atoms with Gasteiger partial charge in [0.25, 0.3) is 0 Å². The molecular formula is C16H23ClN2O4S. The summed E-state index contributed by atoms with van der Waals surface area (Å²) in [5.74, 6) is -0.877. The van der Waals surface area contributed by atoms with Crippen molar-refractivity contribution in [2.24, 2.45) is 0 Å². The van der Waals surface area contributed by atoms with Crippen molar-refractivity contribution in [2.75, 3.05) is 26.7 Å². The van der Waals surface area contributed by atoms with Gasteiger partial charge in [-0.1, -0.05) is 17.7 Å². The van der Waals surface area contributed by atoms with Crippen LogP contribution in [0.25, 0.3) is 0 Å². The fourth-order valence-electron chi connectivity index (χ4n) is 3.03. The summed E-state index contributed by atoms with van der Waals surface area (Å²) in [5.41, 5.74) is 0.908. The number of carbonyl (C=O) groups is 1. The second kappa shape index (κ2) is 7.82. The Morgan fingerprint density at radius 1 is 1.38 bits per heavy atom. The van der Waals surface area contributed by atoms with Crippen LogP contribution in [-0.4, -0.2) is 61.4 Å². The maximum Gasteiger partial charge on any atom is 0.317 e. The van der Waals surface area contributed by atoms with E-state index in [-0.39, 0.29) is 22.5 Å². The average molecular weight is 375 g/mol. The van der Waals surface area contributed by atoms with E-state index in [0.717, 1.165) is 12.0 Å². The molecule has 24 heavy (non-hydrogen) atoms. The predicted molar refractivity (Wildman–Crippen MR) is 92.9 cm³/mol. The van der Waals surface area contributed by atoms with Crippen LogP contribution in [0.2, 0.25) is 5.02 Å². The number of hydrogen-bond donors (Lipinski definition) is 1. The third-order valence-corrected chi connectivity index (χ3v) is 6.75. The summed E-state index contributed by atoms with van der Waals surface area (Å²) in [4.78, 5) is 12.8. The highest BCUT2D eigenvalue weighted by Gasteiger charge is 2.30. The molecule has 0 amide bonds. The molecule has 0 saturated carbocycles. The van der Waals surface area contributed by atoms with E-state index in [4.69, 9.17) is 16.7 Å². The lowest BCUT2D eigenvalue weighted by atomic mass is 10.1. The second-order valence-electron chi connectivity index (χ2n) is 6.23. The maximum absolute atomic E-state index is 12.9. The molecule has 1 unspecified atom stereocenters. The smallest absolute Gasteiger partial charge is 0.317 e. The predicted octanol–water partition coefficient (Wildman–Crippen LogP) is 2.21. The molecule has 0 bridgehead atoms. The molecule has 1 heterocycles. The Morgan fingerprint density at radius 3 is 2.71 bits per heavy atom. The van der Waals surface area contributed by atoms with Gasteiger partial charge in [-0.05, 0) is 50.9 Å². The lowest BCUT2D eigenvalue weighted by Gasteiger charge is -2.25. The summed E-state index contributed by atoms with van der Waals surface area (Å²) < 4.78 is 27.2. The third-order valence-electron chi connectivity index (χ3n) is 4.37. The summed E-state index contributed by atoms with van der Waals surface area (Å²) in [5, 5.41) is 9.14. The topological polar surface area (TPSA) is 77.9 Å². The molecule has 1 N–H and O–H groups in total. The molecule has 1 atom stereocenters. The average Bonchev–Trinajstić information content (AvgIpc) is 2.72. The summed E-state index contributed by atoms with van der Waals surface area (Å²) in [6.07, 6.45) is 2.07. The number of sulfonamides is 1. The number of benzene rings is 1. The monoisotopic (exact) mass is 374 g/mol. The zero-order valence-electron chi connectivity index (χ0n) is 13.9. The van der Waals surface area contributed by atoms with Crippen molar-refractivity contribution >= 4 is 27.6 Å². The maximum atomic E-state index is 12.9. The number of rotatable bonds is 5. The van der Waals surface area contributed by atoms with Gasteiger partial charge in [-0.25, -0.2) is 8.42 Å². The van der Waals surface area contributed by atoms with Crippen molar-refractivity contribution < 1.29 is 18.3 Å². The first-order valence-electron chi connectivity index (χ1n) is 7.90. The van der Waals surface area contributed by atoms with Crippen molar-refractivity contribution in [1.82, 2.24) is 9.21 Å². The summed E-state index contributed by atoms with van der Waals surface area (Å²) >= 11 is 6.13. The molecule has 134 valence electrons. The van der Waals surface area contributed by atoms with E-state index in [1.807, 2.05) is 6.92 Å². The van der Waals surface area contributed by atoms with Gasteiger partial charge in [0.1, 0.15) is 4.90 Å². The number of carboxylic acids is 1. The van der Waals surface area contributed by atoms with Crippen molar-refractivity contribution in [1.29, 1.82) is 0 Å². The zero-order chi connectivity index (χ0) is 17.9. The van der Waals surface area contributed by atoms with Gasteiger partial charge in [0, 0.05) is 19.1 Å². The van der Waals surface area contributed by atoms with E-state index in [0.29, 0.717) is 25.9 Å². The molecule has 1 aromatic rings. The van der Waals surface area contributed by atoms with Crippen molar-refractivity contribution in [3.05, 3.63) is 28.8 Å². The van der Waals surface area contributed by atoms with Crippen molar-refractivity contribution in [2.45, 2.75) is 37.1 Å². The van der Waals surface area contributed by atoms with Gasteiger partial charge in [0.15, 0.2) is 0 Å². The van der Waals surface area contributed by atoms with Crippen LogP contribution in [0.15, 0.2) is 23.1 Å². The Balaban J connectivity index is 2.14. The Labute approximate surface area is 148 Å². The van der Waals surface area contributed by atoms with E-state index >= 15 is 0 Å². The number of nitrogens with zero attached hydrogens (tertiary/aromatic N) is 2. The SMILES string of the molecule is Cc1ccc(S(=O)(=O)N2CCCC(N(C)CC(=O)O)CC2)c(Cl)c1. The molecule has 1 aliphatic heterocycles. The largest absolute Gasteiger partial charge is 0.480 e. The Morgan fingerprint density at radius 2 is 2.08 bits per heavy atom. The van der Waals surface area contributed by atoms with Gasteiger partial charge in [-0.15, -0.1) is 0 Å². The number of carboxylic acid groups (broad SMARTS) is 1. The summed E-state index contributed by atoms with van der Waals surface area (Å²) in [6, 6.07) is 5.00. The number of aliphatic carboxylic acids is 1. The lowest BCUT2D eigenvalue weighted by molar-refractivity contribution is -0.138. The molecule has 0 aliphatic carbocycles. The molecule has 0 radical (unpaired) electrons. The number of likely N-dealkylation sites (N-methyl/N-ethyl adjacent to an activating group) is 1. The number of aryl methyl sites for hydroxylation is 1. The molecule has 0 aromatic heterocycles. The van der Waals surface area contributed by atoms with Gasteiger partial charge < -0.3 is 5.11 Å². The Kier molecular flexibility index (Phi) is 6.25. The summed E-state index contributed by atoms with van der Waals surface area (Å²) in [6.45, 7) is 2.60. The van der Waals surface area contributed by atoms with Gasteiger partial charge >= 0.3 is 5.97 Å². The standard InChI is InChI=1S/C16H23ClN2O4S/c1-12-5-6-15(14(17)10-12)24(22,23)19-8-3-4-13(7-9-19)18(2)11-16(20)21/h5-6,10,13H,3-4,7-9,11H2,1-2H3,(H,20,21). The van der Waals surface area contributed by atoms with E-state index < -0.39 is 16.0 Å². The van der Waals surface area contributed by atoms with Crippen LogP contribution in [0, 0.1) is 6.92 Å². The number of hydrogen-bond acceptors (Lipinski definition) is 4. The van der Waals surface area contributed by atoms with Crippen LogP contribution in [0.4, 0.5) is 0 Å². The minimum absolute atomic E-state index is 0.0405. The molecule has 1 aliphatic rings. The molecule has 1 fully saturated rings. The molecule has 1 aromatic carbocycles. The number of halogens is 1. The van der Waals surface area contributed by atoms with Gasteiger partial charge in [-0.2, -0.15) is 4.31 Å². The quantitative estimate of drug-likeness (QED) is 0.854. The highest BCUT2D eigenvalue weighted by molar-refractivity contribution is 7.89. The molecule has 2 rings (SSSR count). The van der Waals surface area contributed by atoms with Crippen LogP contribution < -0.4 is 0 Å². The Hall–Kier alpha value is -1.15. The van der Waals surface area contributed by atoms with Crippen molar-refractivity contribution in [3.63, 3.8) is 0 Å². The Bertz CT molecular complexity index is 708. The molecular weight excluding hydrogens is 352 g/mol. The first-order chi connectivity index (χ1) is 11.2. The van der Waals surface area contributed by atoms with Gasteiger partial charge in [0.2, 0.25) is 10.0 Å². The second-order valence-corrected chi connectivity index (χ2v) is 8.55. The fourth-order valence-corrected chi connectivity index (χ4v) is 5.10. The first kappa shape index (κ1) is 19.2. The van der Waals surface area contributed by atoms with E-state index in [1.54, 1.807) is 30.1 Å². The van der Waals surface area contributed by atoms with Gasteiger partial charge in [-0.3, -0.25) is 9.69 Å². The summed E-state index contributed by atoms with van der Waals surface area (Å²) in [7, 11) is -1.87. The highest BCUT2D eigenvalue weighted by atomic mass is 35.5. The molecule has 0 spiro atoms. The first-order valence-corrected chi connectivity index (χ1v) is 9.72. The lowest BCUT2D eigenvalue weighted by Crippen LogP contribution is -2.37. The van der Waals surface area contributed by atoms with Crippen molar-refractivity contribution in [3.8, 4) is 0 Å². The van der Waals surface area contributed by atoms with E-state index in [1.165, 1.54) is 4.31 Å². The minimum Gasteiger partial charge on any atom is -0.480 e.